The molecule has 0 aliphatic heterocycles. The predicted molar refractivity (Wildman–Crippen MR) is 166 cm³/mol. The molecule has 37 heavy (non-hydrogen) atoms. The normalized spacial score (nSPS) is 13.0. The first-order valence-corrected chi connectivity index (χ1v) is 15.6. The molecule has 2 N–H and O–H groups in total. The van der Waals surface area contributed by atoms with Gasteiger partial charge < -0.3 is 5.73 Å². The SMILES string of the molecule is CC(c1cccc(N)c1C(C)P(c1ccccc1)c1ccccc1)P(c1ccccc1)c1ccccc1. The zero-order valence-corrected chi connectivity index (χ0v) is 23.2. The smallest absolute Gasteiger partial charge is 0.0356 e. The first-order chi connectivity index (χ1) is 18.1. The summed E-state index contributed by atoms with van der Waals surface area (Å²) >= 11 is 0. The van der Waals surface area contributed by atoms with Gasteiger partial charge in [-0.2, -0.15) is 0 Å². The Morgan fingerprint density at radius 3 is 1.16 bits per heavy atom. The summed E-state index contributed by atoms with van der Waals surface area (Å²) in [5, 5.41) is 5.55. The molecule has 0 saturated heterocycles. The molecule has 2 atom stereocenters. The third-order valence-electron chi connectivity index (χ3n) is 6.95. The summed E-state index contributed by atoms with van der Waals surface area (Å²) in [6.45, 7) is 4.77. The molecule has 184 valence electrons. The maximum atomic E-state index is 6.85. The quantitative estimate of drug-likeness (QED) is 0.166. The summed E-state index contributed by atoms with van der Waals surface area (Å²) in [7, 11) is -1.26. The molecule has 0 bridgehead atoms. The molecule has 0 radical (unpaired) electrons. The predicted octanol–water partition coefficient (Wildman–Crippen LogP) is 7.66. The van der Waals surface area contributed by atoms with Crippen molar-refractivity contribution < 1.29 is 0 Å². The summed E-state index contributed by atoms with van der Waals surface area (Å²) in [5.74, 6) is 0. The van der Waals surface area contributed by atoms with Crippen LogP contribution >= 0.6 is 15.8 Å². The zero-order valence-electron chi connectivity index (χ0n) is 21.4. The van der Waals surface area contributed by atoms with Crippen molar-refractivity contribution in [2.75, 3.05) is 5.73 Å². The van der Waals surface area contributed by atoms with Crippen LogP contribution in [0.2, 0.25) is 0 Å². The number of anilines is 1. The van der Waals surface area contributed by atoms with E-state index in [1.165, 1.54) is 32.3 Å². The first-order valence-electron chi connectivity index (χ1n) is 12.8. The lowest BCUT2D eigenvalue weighted by Crippen LogP contribution is -2.20. The fourth-order valence-electron chi connectivity index (χ4n) is 5.26. The van der Waals surface area contributed by atoms with E-state index in [-0.39, 0.29) is 5.66 Å². The summed E-state index contributed by atoms with van der Waals surface area (Å²) in [6.07, 6.45) is 0. The molecular weight excluding hydrogens is 484 g/mol. The highest BCUT2D eigenvalue weighted by atomic mass is 31.1. The van der Waals surface area contributed by atoms with E-state index in [9.17, 15) is 0 Å². The van der Waals surface area contributed by atoms with Crippen molar-refractivity contribution in [1.82, 2.24) is 0 Å². The molecule has 0 aromatic heterocycles. The van der Waals surface area contributed by atoms with Gasteiger partial charge in [-0.3, -0.25) is 0 Å². The van der Waals surface area contributed by atoms with Crippen LogP contribution in [0.25, 0.3) is 0 Å². The third kappa shape index (κ3) is 5.55. The number of rotatable bonds is 8. The lowest BCUT2D eigenvalue weighted by molar-refractivity contribution is 0.993. The van der Waals surface area contributed by atoms with Crippen LogP contribution in [0.15, 0.2) is 140 Å². The highest BCUT2D eigenvalue weighted by Crippen LogP contribution is 2.56. The van der Waals surface area contributed by atoms with E-state index >= 15 is 0 Å². The van der Waals surface area contributed by atoms with Gasteiger partial charge in [0.25, 0.3) is 0 Å². The van der Waals surface area contributed by atoms with E-state index in [2.05, 4.69) is 153 Å². The zero-order chi connectivity index (χ0) is 25.6. The molecular formula is C34H33NP2. The Kier molecular flexibility index (Phi) is 8.15. The summed E-state index contributed by atoms with van der Waals surface area (Å²) in [5.41, 5.74) is 11.0. The molecule has 1 nitrogen and oxygen atoms in total. The van der Waals surface area contributed by atoms with Crippen molar-refractivity contribution in [3.63, 3.8) is 0 Å². The second-order valence-electron chi connectivity index (χ2n) is 9.28. The molecule has 3 heteroatoms. The maximum Gasteiger partial charge on any atom is 0.0356 e. The number of nitrogens with two attached hydrogens (primary N) is 1. The molecule has 0 fully saturated rings. The van der Waals surface area contributed by atoms with Crippen molar-refractivity contribution in [2.45, 2.75) is 25.2 Å². The molecule has 5 aromatic rings. The number of hydrogen-bond donors (Lipinski definition) is 1. The van der Waals surface area contributed by atoms with Crippen LogP contribution in [-0.4, -0.2) is 0 Å². The van der Waals surface area contributed by atoms with Gasteiger partial charge in [-0.25, -0.2) is 0 Å². The largest absolute Gasteiger partial charge is 0.398 e. The van der Waals surface area contributed by atoms with Gasteiger partial charge in [0.05, 0.1) is 0 Å². The standard InChI is InChI=1S/C34H33NP2/c1-26(36(28-16-7-3-8-17-28)29-18-9-4-10-19-29)32-24-15-25-33(35)34(32)27(2)37(30-20-11-5-12-21-30)31-22-13-6-14-23-31/h3-27H,35H2,1-2H3. The Morgan fingerprint density at radius 1 is 0.432 bits per heavy atom. The lowest BCUT2D eigenvalue weighted by atomic mass is 10.0. The second kappa shape index (κ2) is 11.9. The van der Waals surface area contributed by atoms with Crippen LogP contribution in [0.5, 0.6) is 0 Å². The van der Waals surface area contributed by atoms with Crippen molar-refractivity contribution in [3.8, 4) is 0 Å². The van der Waals surface area contributed by atoms with Crippen LogP contribution in [-0.2, 0) is 0 Å². The Hall–Kier alpha value is -3.24. The summed E-state index contributed by atoms with van der Waals surface area (Å²) in [6, 6.07) is 50.4. The minimum Gasteiger partial charge on any atom is -0.398 e. The Morgan fingerprint density at radius 2 is 0.784 bits per heavy atom. The van der Waals surface area contributed by atoms with Crippen LogP contribution in [0.3, 0.4) is 0 Å². The molecule has 0 heterocycles. The molecule has 0 saturated carbocycles. The Labute approximate surface area is 223 Å². The molecule has 2 unspecified atom stereocenters. The van der Waals surface area contributed by atoms with E-state index in [4.69, 9.17) is 5.73 Å². The topological polar surface area (TPSA) is 26.0 Å². The lowest BCUT2D eigenvalue weighted by Gasteiger charge is -2.33. The van der Waals surface area contributed by atoms with E-state index in [0.717, 1.165) is 5.69 Å². The molecule has 5 aromatic carbocycles. The van der Waals surface area contributed by atoms with E-state index in [1.54, 1.807) is 0 Å². The number of nitrogen functional groups attached to an aromatic ring is 1. The van der Waals surface area contributed by atoms with Gasteiger partial charge in [0.2, 0.25) is 0 Å². The van der Waals surface area contributed by atoms with Crippen LogP contribution < -0.4 is 27.0 Å². The van der Waals surface area contributed by atoms with Crippen LogP contribution in [0, 0.1) is 0 Å². The van der Waals surface area contributed by atoms with Crippen molar-refractivity contribution in [1.29, 1.82) is 0 Å². The van der Waals surface area contributed by atoms with E-state index < -0.39 is 15.8 Å². The monoisotopic (exact) mass is 517 g/mol. The first kappa shape index (κ1) is 25.4. The molecule has 0 amide bonds. The fraction of sp³-hybridized carbons (Fsp3) is 0.118. The van der Waals surface area contributed by atoms with Gasteiger partial charge in [-0.05, 0) is 54.3 Å². The molecule has 0 spiro atoms. The van der Waals surface area contributed by atoms with Gasteiger partial charge in [0.15, 0.2) is 0 Å². The van der Waals surface area contributed by atoms with Gasteiger partial charge in [-0.1, -0.05) is 147 Å². The number of benzene rings is 5. The Bertz CT molecular complexity index is 1330. The summed E-state index contributed by atoms with van der Waals surface area (Å²) in [4.78, 5) is 0. The van der Waals surface area contributed by atoms with Crippen molar-refractivity contribution in [2.24, 2.45) is 0 Å². The second-order valence-corrected chi connectivity index (χ2v) is 14.4. The van der Waals surface area contributed by atoms with Gasteiger partial charge in [0, 0.05) is 17.0 Å². The number of hydrogen-bond acceptors (Lipinski definition) is 1. The third-order valence-corrected chi connectivity index (χ3v) is 12.5. The van der Waals surface area contributed by atoms with Crippen molar-refractivity contribution >= 4 is 42.7 Å². The summed E-state index contributed by atoms with van der Waals surface area (Å²) < 4.78 is 0. The maximum absolute atomic E-state index is 6.85. The van der Waals surface area contributed by atoms with Gasteiger partial charge >= 0.3 is 0 Å². The minimum atomic E-state index is -0.646. The molecule has 5 rings (SSSR count). The van der Waals surface area contributed by atoms with Crippen LogP contribution in [0.1, 0.15) is 36.3 Å². The Balaban J connectivity index is 1.64. The highest BCUT2D eigenvalue weighted by Gasteiger charge is 2.30. The van der Waals surface area contributed by atoms with Crippen LogP contribution in [0.4, 0.5) is 5.69 Å². The highest BCUT2D eigenvalue weighted by molar-refractivity contribution is 7.73. The molecule has 0 aliphatic rings. The van der Waals surface area contributed by atoms with Gasteiger partial charge in [0.1, 0.15) is 0 Å². The average Bonchev–Trinajstić information content (AvgIpc) is 2.95. The molecule has 0 aliphatic carbocycles. The fourth-order valence-corrected chi connectivity index (χ4v) is 10.7. The van der Waals surface area contributed by atoms with Gasteiger partial charge in [-0.15, -0.1) is 0 Å². The van der Waals surface area contributed by atoms with Crippen molar-refractivity contribution in [3.05, 3.63) is 151 Å². The van der Waals surface area contributed by atoms with E-state index in [0.29, 0.717) is 5.66 Å². The minimum absolute atomic E-state index is 0.266. The average molecular weight is 518 g/mol. The van der Waals surface area contributed by atoms with E-state index in [1.807, 2.05) is 0 Å².